The Morgan fingerprint density at radius 1 is 1.11 bits per heavy atom. The molecule has 1 heterocycles. The third-order valence-electron chi connectivity index (χ3n) is 7.31. The lowest BCUT2D eigenvalue weighted by Crippen LogP contribution is -2.80. The molecular formula is C21H24ClFN2O2. The first kappa shape index (κ1) is 17.5. The highest BCUT2D eigenvalue weighted by Crippen LogP contribution is 2.57. The number of nitrogens with zero attached hydrogens (tertiary/aromatic N) is 2. The second-order valence-electron chi connectivity index (χ2n) is 9.35. The van der Waals surface area contributed by atoms with E-state index in [0.29, 0.717) is 11.8 Å². The summed E-state index contributed by atoms with van der Waals surface area (Å²) in [5.74, 6) is 1.25. The SMILES string of the molecule is CC1(C)C(=O)N(C2C3CC4CC(C3)CC2C4)N1C(=O)c1cccc(Cl)c1F. The molecule has 4 aliphatic carbocycles. The predicted octanol–water partition coefficient (Wildman–Crippen LogP) is 4.28. The zero-order valence-electron chi connectivity index (χ0n) is 15.6. The average Bonchev–Trinajstić information content (AvgIpc) is 2.61. The largest absolute Gasteiger partial charge is 0.276 e. The normalized spacial score (nSPS) is 36.1. The zero-order valence-corrected chi connectivity index (χ0v) is 16.4. The van der Waals surface area contributed by atoms with E-state index in [2.05, 4.69) is 0 Å². The molecule has 1 saturated heterocycles. The van der Waals surface area contributed by atoms with Gasteiger partial charge in [0.25, 0.3) is 11.8 Å². The van der Waals surface area contributed by atoms with Crippen molar-refractivity contribution in [3.8, 4) is 0 Å². The smallest absolute Gasteiger partial charge is 0.270 e. The molecule has 1 aromatic carbocycles. The van der Waals surface area contributed by atoms with Crippen molar-refractivity contribution in [2.45, 2.75) is 57.5 Å². The molecule has 4 nitrogen and oxygen atoms in total. The number of amides is 2. The van der Waals surface area contributed by atoms with Crippen LogP contribution < -0.4 is 0 Å². The van der Waals surface area contributed by atoms with E-state index in [1.54, 1.807) is 24.9 Å². The van der Waals surface area contributed by atoms with Crippen LogP contribution in [0.15, 0.2) is 18.2 Å². The summed E-state index contributed by atoms with van der Waals surface area (Å²) in [7, 11) is 0. The molecule has 0 unspecified atom stereocenters. The molecule has 27 heavy (non-hydrogen) atoms. The summed E-state index contributed by atoms with van der Waals surface area (Å²) < 4.78 is 14.5. The third-order valence-corrected chi connectivity index (χ3v) is 7.60. The first-order chi connectivity index (χ1) is 12.8. The summed E-state index contributed by atoms with van der Waals surface area (Å²) >= 11 is 5.88. The Hall–Kier alpha value is -1.62. The fourth-order valence-corrected chi connectivity index (χ4v) is 6.56. The number of carbonyl (C=O) groups excluding carboxylic acids is 2. The Labute approximate surface area is 163 Å². The van der Waals surface area contributed by atoms with Crippen LogP contribution >= 0.6 is 11.6 Å². The van der Waals surface area contributed by atoms with Crippen molar-refractivity contribution >= 4 is 23.4 Å². The lowest BCUT2D eigenvalue weighted by atomic mass is 9.53. The molecule has 6 heteroatoms. The molecule has 5 fully saturated rings. The van der Waals surface area contributed by atoms with E-state index in [9.17, 15) is 14.0 Å². The number of carbonyl (C=O) groups is 2. The summed E-state index contributed by atoms with van der Waals surface area (Å²) in [4.78, 5) is 26.3. The van der Waals surface area contributed by atoms with Gasteiger partial charge in [0.1, 0.15) is 5.54 Å². The minimum absolute atomic E-state index is 0.0317. The fraction of sp³-hybridized carbons (Fsp3) is 0.619. The first-order valence-electron chi connectivity index (χ1n) is 9.91. The number of hydrogen-bond donors (Lipinski definition) is 0. The van der Waals surface area contributed by atoms with Gasteiger partial charge in [-0.3, -0.25) is 9.59 Å². The lowest BCUT2D eigenvalue weighted by molar-refractivity contribution is -0.230. The van der Waals surface area contributed by atoms with Gasteiger partial charge < -0.3 is 0 Å². The Kier molecular flexibility index (Phi) is 3.69. The second-order valence-corrected chi connectivity index (χ2v) is 9.76. The number of hydrazine groups is 1. The van der Waals surface area contributed by atoms with Crippen molar-refractivity contribution in [1.82, 2.24) is 10.0 Å². The molecule has 144 valence electrons. The van der Waals surface area contributed by atoms with Gasteiger partial charge in [-0.15, -0.1) is 0 Å². The molecule has 0 spiro atoms. The summed E-state index contributed by atoms with van der Waals surface area (Å²) in [6.07, 6.45) is 5.92. The molecule has 0 atom stereocenters. The van der Waals surface area contributed by atoms with E-state index >= 15 is 0 Å². The van der Waals surface area contributed by atoms with Crippen LogP contribution in [0.5, 0.6) is 0 Å². The predicted molar refractivity (Wildman–Crippen MR) is 99.3 cm³/mol. The summed E-state index contributed by atoms with van der Waals surface area (Å²) in [5.41, 5.74) is -1.03. The van der Waals surface area contributed by atoms with Crippen molar-refractivity contribution in [1.29, 1.82) is 0 Å². The van der Waals surface area contributed by atoms with E-state index in [-0.39, 0.29) is 22.5 Å². The molecule has 0 radical (unpaired) electrons. The average molecular weight is 391 g/mol. The number of halogens is 2. The van der Waals surface area contributed by atoms with E-state index in [1.807, 2.05) is 0 Å². The second kappa shape index (κ2) is 5.69. The Morgan fingerprint density at radius 2 is 1.70 bits per heavy atom. The van der Waals surface area contributed by atoms with E-state index in [4.69, 9.17) is 11.6 Å². The van der Waals surface area contributed by atoms with Gasteiger partial charge in [-0.25, -0.2) is 14.4 Å². The van der Waals surface area contributed by atoms with E-state index in [1.165, 1.54) is 23.6 Å². The minimum Gasteiger partial charge on any atom is -0.270 e. The van der Waals surface area contributed by atoms with Crippen LogP contribution in [-0.4, -0.2) is 33.4 Å². The van der Waals surface area contributed by atoms with Gasteiger partial charge in [-0.05, 0) is 81.8 Å². The molecule has 4 bridgehead atoms. The van der Waals surface area contributed by atoms with Crippen LogP contribution in [0, 0.1) is 29.5 Å². The molecule has 1 aliphatic heterocycles. The number of rotatable bonds is 2. The standard InChI is InChI=1S/C21H24ClFN2O2/c1-21(2)20(27)24(18-13-7-11-6-12(9-13)10-14(18)8-11)25(21)19(26)15-4-3-5-16(22)17(15)23/h3-5,11-14,18H,6-10H2,1-2H3. The van der Waals surface area contributed by atoms with Crippen LogP contribution in [0.1, 0.15) is 56.3 Å². The van der Waals surface area contributed by atoms with Crippen molar-refractivity contribution in [2.75, 3.05) is 0 Å². The summed E-state index contributed by atoms with van der Waals surface area (Å²) in [6, 6.07) is 4.51. The van der Waals surface area contributed by atoms with Crippen LogP contribution in [0.25, 0.3) is 0 Å². The van der Waals surface area contributed by atoms with Crippen molar-refractivity contribution in [3.05, 3.63) is 34.6 Å². The van der Waals surface area contributed by atoms with Crippen molar-refractivity contribution in [2.24, 2.45) is 23.7 Å². The van der Waals surface area contributed by atoms with Crippen LogP contribution in [0.2, 0.25) is 5.02 Å². The van der Waals surface area contributed by atoms with Crippen LogP contribution in [-0.2, 0) is 4.79 Å². The maximum atomic E-state index is 14.5. The molecule has 2 amide bonds. The Balaban J connectivity index is 1.50. The monoisotopic (exact) mass is 390 g/mol. The van der Waals surface area contributed by atoms with Gasteiger partial charge in [0.2, 0.25) is 0 Å². The molecule has 5 aliphatic rings. The molecule has 4 saturated carbocycles. The van der Waals surface area contributed by atoms with E-state index in [0.717, 1.165) is 37.5 Å². The summed E-state index contributed by atoms with van der Waals surface area (Å²) in [5, 5.41) is 3.10. The molecule has 6 rings (SSSR count). The van der Waals surface area contributed by atoms with Gasteiger partial charge >= 0.3 is 0 Å². The highest BCUT2D eigenvalue weighted by atomic mass is 35.5. The molecular weight excluding hydrogens is 367 g/mol. The maximum Gasteiger partial charge on any atom is 0.276 e. The fourth-order valence-electron chi connectivity index (χ4n) is 6.39. The maximum absolute atomic E-state index is 14.5. The first-order valence-corrected chi connectivity index (χ1v) is 10.3. The lowest BCUT2D eigenvalue weighted by Gasteiger charge is -2.65. The highest BCUT2D eigenvalue weighted by molar-refractivity contribution is 6.31. The quantitative estimate of drug-likeness (QED) is 0.756. The highest BCUT2D eigenvalue weighted by Gasteiger charge is 2.62. The van der Waals surface area contributed by atoms with Crippen LogP contribution in [0.4, 0.5) is 4.39 Å². The molecule has 1 aromatic rings. The topological polar surface area (TPSA) is 40.6 Å². The van der Waals surface area contributed by atoms with Crippen molar-refractivity contribution in [3.63, 3.8) is 0 Å². The zero-order chi connectivity index (χ0) is 19.1. The molecule has 0 N–H and O–H groups in total. The van der Waals surface area contributed by atoms with Gasteiger partial charge in [0.05, 0.1) is 16.6 Å². The van der Waals surface area contributed by atoms with E-state index < -0.39 is 17.3 Å². The van der Waals surface area contributed by atoms with Gasteiger partial charge in [0, 0.05) is 0 Å². The minimum atomic E-state index is -0.958. The number of benzene rings is 1. The summed E-state index contributed by atoms with van der Waals surface area (Å²) in [6.45, 7) is 3.48. The van der Waals surface area contributed by atoms with Crippen LogP contribution in [0.3, 0.4) is 0 Å². The Bertz CT molecular complexity index is 811. The van der Waals surface area contributed by atoms with Gasteiger partial charge in [-0.2, -0.15) is 0 Å². The van der Waals surface area contributed by atoms with Gasteiger partial charge in [-0.1, -0.05) is 17.7 Å². The third kappa shape index (κ3) is 2.33. The Morgan fingerprint density at radius 3 is 2.30 bits per heavy atom. The van der Waals surface area contributed by atoms with Gasteiger partial charge in [0.15, 0.2) is 5.82 Å². The number of hydrogen-bond acceptors (Lipinski definition) is 2. The molecule has 0 aromatic heterocycles. The van der Waals surface area contributed by atoms with Crippen molar-refractivity contribution < 1.29 is 14.0 Å².